The van der Waals surface area contributed by atoms with Crippen LogP contribution in [0.3, 0.4) is 0 Å². The first kappa shape index (κ1) is 28.3. The topological polar surface area (TPSA) is 105 Å². The Morgan fingerprint density at radius 3 is 2.32 bits per heavy atom. The normalized spacial score (nSPS) is 13.6. The number of carbonyl (C=O) groups is 2. The van der Waals surface area contributed by atoms with E-state index in [2.05, 4.69) is 5.32 Å². The van der Waals surface area contributed by atoms with Gasteiger partial charge in [-0.25, -0.2) is 8.42 Å². The molecular formula is C27H37N3O6S. The maximum absolute atomic E-state index is 13.7. The van der Waals surface area contributed by atoms with Gasteiger partial charge in [0.25, 0.3) is 0 Å². The van der Waals surface area contributed by atoms with Gasteiger partial charge in [-0.1, -0.05) is 51.1 Å². The van der Waals surface area contributed by atoms with Gasteiger partial charge in [-0.2, -0.15) is 0 Å². The largest absolute Gasteiger partial charge is 0.486 e. The smallest absolute Gasteiger partial charge is 0.244 e. The number of ether oxygens (including phenoxy) is 2. The van der Waals surface area contributed by atoms with Crippen LogP contribution in [0.5, 0.6) is 11.5 Å². The summed E-state index contributed by atoms with van der Waals surface area (Å²) in [6.07, 6.45) is 1.98. The molecule has 0 radical (unpaired) electrons. The third-order valence-corrected chi connectivity index (χ3v) is 7.19. The van der Waals surface area contributed by atoms with Crippen molar-refractivity contribution < 1.29 is 27.5 Å². The van der Waals surface area contributed by atoms with E-state index in [1.54, 1.807) is 18.2 Å². The summed E-state index contributed by atoms with van der Waals surface area (Å²) in [6, 6.07) is 13.7. The van der Waals surface area contributed by atoms with Gasteiger partial charge in [-0.15, -0.1) is 0 Å². The van der Waals surface area contributed by atoms with Gasteiger partial charge in [0.15, 0.2) is 11.5 Å². The summed E-state index contributed by atoms with van der Waals surface area (Å²) in [5.74, 6) is 0.494. The monoisotopic (exact) mass is 531 g/mol. The molecule has 10 heteroatoms. The van der Waals surface area contributed by atoms with Crippen LogP contribution in [0.2, 0.25) is 0 Å². The van der Waals surface area contributed by atoms with Crippen LogP contribution in [0, 0.1) is 5.92 Å². The highest BCUT2D eigenvalue weighted by Crippen LogP contribution is 2.34. The van der Waals surface area contributed by atoms with Gasteiger partial charge in [0.05, 0.1) is 11.9 Å². The molecule has 0 aliphatic carbocycles. The molecule has 202 valence electrons. The van der Waals surface area contributed by atoms with Crippen LogP contribution >= 0.6 is 0 Å². The fraction of sp³-hybridized carbons (Fsp3) is 0.481. The van der Waals surface area contributed by atoms with Crippen molar-refractivity contribution in [2.24, 2.45) is 5.92 Å². The van der Waals surface area contributed by atoms with E-state index in [1.165, 1.54) is 4.90 Å². The number of anilines is 1. The molecule has 1 aliphatic heterocycles. The number of carbonyl (C=O) groups excluding carboxylic acids is 2. The number of nitrogens with one attached hydrogen (secondary N) is 1. The second-order valence-electron chi connectivity index (χ2n) is 9.48. The van der Waals surface area contributed by atoms with E-state index in [0.29, 0.717) is 49.8 Å². The molecule has 0 aromatic heterocycles. The van der Waals surface area contributed by atoms with Gasteiger partial charge in [0.1, 0.15) is 25.8 Å². The second kappa shape index (κ2) is 12.8. The van der Waals surface area contributed by atoms with Gasteiger partial charge < -0.3 is 19.7 Å². The molecule has 0 saturated carbocycles. The Hall–Kier alpha value is -3.27. The molecule has 0 spiro atoms. The van der Waals surface area contributed by atoms with Gasteiger partial charge in [0.2, 0.25) is 21.8 Å². The number of hydrogen-bond donors (Lipinski definition) is 1. The minimum atomic E-state index is -3.83. The molecule has 1 heterocycles. The van der Waals surface area contributed by atoms with Gasteiger partial charge in [-0.05, 0) is 36.5 Å². The minimum Gasteiger partial charge on any atom is -0.486 e. The number of rotatable bonds is 12. The van der Waals surface area contributed by atoms with Crippen molar-refractivity contribution >= 4 is 27.5 Å². The number of fused-ring (bicyclic) bond motifs is 1. The molecular weight excluding hydrogens is 494 g/mol. The fourth-order valence-corrected chi connectivity index (χ4v) is 4.96. The van der Waals surface area contributed by atoms with Crippen LogP contribution in [0.15, 0.2) is 48.5 Å². The highest BCUT2D eigenvalue weighted by Gasteiger charge is 2.32. The zero-order valence-corrected chi connectivity index (χ0v) is 22.8. The SMILES string of the molecule is CC[C@H](C(=O)NCC(C)C)N(CCc1ccccc1)C(=O)CN(c1ccc2c(c1)OCCO2)S(C)(=O)=O. The second-order valence-corrected chi connectivity index (χ2v) is 11.4. The minimum absolute atomic E-state index is 0.247. The number of benzene rings is 2. The third-order valence-electron chi connectivity index (χ3n) is 6.05. The van der Waals surface area contributed by atoms with Crippen molar-refractivity contribution in [2.75, 3.05) is 43.4 Å². The summed E-state index contributed by atoms with van der Waals surface area (Å²) in [5.41, 5.74) is 1.31. The highest BCUT2D eigenvalue weighted by molar-refractivity contribution is 7.92. The van der Waals surface area contributed by atoms with Crippen LogP contribution in [0.4, 0.5) is 5.69 Å². The molecule has 1 N–H and O–H groups in total. The lowest BCUT2D eigenvalue weighted by Gasteiger charge is -2.33. The molecule has 0 bridgehead atoms. The lowest BCUT2D eigenvalue weighted by molar-refractivity contribution is -0.139. The van der Waals surface area contributed by atoms with E-state index in [1.807, 2.05) is 51.1 Å². The van der Waals surface area contributed by atoms with E-state index >= 15 is 0 Å². The Morgan fingerprint density at radius 2 is 1.70 bits per heavy atom. The lowest BCUT2D eigenvalue weighted by Crippen LogP contribution is -2.53. The molecule has 1 aliphatic rings. The molecule has 2 amide bonds. The molecule has 3 rings (SSSR count). The van der Waals surface area contributed by atoms with Crippen LogP contribution < -0.4 is 19.1 Å². The van der Waals surface area contributed by atoms with E-state index in [-0.39, 0.29) is 18.4 Å². The van der Waals surface area contributed by atoms with Gasteiger partial charge >= 0.3 is 0 Å². The summed E-state index contributed by atoms with van der Waals surface area (Å²) in [7, 11) is -3.83. The van der Waals surface area contributed by atoms with Crippen molar-refractivity contribution in [1.82, 2.24) is 10.2 Å². The first-order valence-electron chi connectivity index (χ1n) is 12.6. The summed E-state index contributed by atoms with van der Waals surface area (Å²) in [6.45, 7) is 6.92. The number of amides is 2. The lowest BCUT2D eigenvalue weighted by atomic mass is 10.1. The Kier molecular flexibility index (Phi) is 9.79. The van der Waals surface area contributed by atoms with E-state index in [4.69, 9.17) is 9.47 Å². The van der Waals surface area contributed by atoms with Crippen LogP contribution in [0.1, 0.15) is 32.8 Å². The van der Waals surface area contributed by atoms with Crippen LogP contribution in [-0.4, -0.2) is 70.3 Å². The quantitative estimate of drug-likeness (QED) is 0.452. The van der Waals surface area contributed by atoms with E-state index < -0.39 is 28.5 Å². The number of nitrogens with zero attached hydrogens (tertiary/aromatic N) is 2. The zero-order valence-electron chi connectivity index (χ0n) is 22.0. The van der Waals surface area contributed by atoms with E-state index in [0.717, 1.165) is 16.1 Å². The third kappa shape index (κ3) is 7.85. The number of hydrogen-bond acceptors (Lipinski definition) is 6. The predicted octanol–water partition coefficient (Wildman–Crippen LogP) is 2.85. The summed E-state index contributed by atoms with van der Waals surface area (Å²) >= 11 is 0. The first-order valence-corrected chi connectivity index (χ1v) is 14.4. The van der Waals surface area contributed by atoms with E-state index in [9.17, 15) is 18.0 Å². The van der Waals surface area contributed by atoms with Crippen molar-refractivity contribution in [3.8, 4) is 11.5 Å². The summed E-state index contributed by atoms with van der Waals surface area (Å²) in [5, 5.41) is 2.92. The van der Waals surface area contributed by atoms with Gasteiger partial charge in [-0.3, -0.25) is 13.9 Å². The molecule has 37 heavy (non-hydrogen) atoms. The maximum Gasteiger partial charge on any atom is 0.244 e. The van der Waals surface area contributed by atoms with Crippen molar-refractivity contribution in [2.45, 2.75) is 39.7 Å². The molecule has 9 nitrogen and oxygen atoms in total. The Bertz CT molecular complexity index is 1170. The Morgan fingerprint density at radius 1 is 1.03 bits per heavy atom. The molecule has 0 fully saturated rings. The summed E-state index contributed by atoms with van der Waals surface area (Å²) < 4.78 is 37.8. The van der Waals surface area contributed by atoms with Crippen molar-refractivity contribution in [3.05, 3.63) is 54.1 Å². The fourth-order valence-electron chi connectivity index (χ4n) is 4.12. The Labute approximate surface area is 219 Å². The zero-order chi connectivity index (χ0) is 27.0. The average Bonchev–Trinajstić information content (AvgIpc) is 2.87. The van der Waals surface area contributed by atoms with Crippen molar-refractivity contribution in [1.29, 1.82) is 0 Å². The molecule has 1 atom stereocenters. The first-order chi connectivity index (χ1) is 17.6. The predicted molar refractivity (Wildman–Crippen MR) is 143 cm³/mol. The number of sulfonamides is 1. The Balaban J connectivity index is 1.88. The van der Waals surface area contributed by atoms with Crippen molar-refractivity contribution in [3.63, 3.8) is 0 Å². The molecule has 2 aromatic carbocycles. The molecule has 0 unspecified atom stereocenters. The van der Waals surface area contributed by atoms with Crippen LogP contribution in [0.25, 0.3) is 0 Å². The molecule has 2 aromatic rings. The molecule has 0 saturated heterocycles. The van der Waals surface area contributed by atoms with Gasteiger partial charge in [0, 0.05) is 19.2 Å². The van der Waals surface area contributed by atoms with Crippen LogP contribution in [-0.2, 0) is 26.0 Å². The maximum atomic E-state index is 13.7. The standard InChI is InChI=1S/C27H37N3O6S/c1-5-23(27(32)28-18-20(2)3)29(14-13-21-9-7-6-8-10-21)26(31)19-30(37(4,33)34)22-11-12-24-25(17-22)36-16-15-35-24/h6-12,17,20,23H,5,13-16,18-19H2,1-4H3,(H,28,32)/t23-/m1/s1. The average molecular weight is 532 g/mol. The highest BCUT2D eigenvalue weighted by atomic mass is 32.2. The summed E-state index contributed by atoms with van der Waals surface area (Å²) in [4.78, 5) is 28.3.